The molecule has 0 aliphatic heterocycles. The lowest BCUT2D eigenvalue weighted by Gasteiger charge is -2.01. The molecule has 0 aliphatic rings. The van der Waals surface area contributed by atoms with E-state index in [9.17, 15) is 0 Å². The molecule has 1 N–H and O–H groups in total. The van der Waals surface area contributed by atoms with Gasteiger partial charge in [0, 0.05) is 12.8 Å². The number of unbranched alkanes of at least 4 members (excludes halogenated alkanes) is 10. The molecule has 108 valence electrons. The van der Waals surface area contributed by atoms with Gasteiger partial charge in [0.1, 0.15) is 0 Å². The smallest absolute Gasteiger partial charge is 0.0329 e. The lowest BCUT2D eigenvalue weighted by molar-refractivity contribution is 0.581. The first kappa shape index (κ1) is 17.5. The van der Waals surface area contributed by atoms with Gasteiger partial charge in [-0.1, -0.05) is 71.6 Å². The highest BCUT2D eigenvalue weighted by Crippen LogP contribution is 2.04. The van der Waals surface area contributed by atoms with E-state index in [0.29, 0.717) is 0 Å². The van der Waals surface area contributed by atoms with Crippen LogP contribution in [0, 0.1) is 0 Å². The standard InChI is InChI=1S/C16H34N2/c1-3-5-7-9-11-13-15-17-18-16-14-12-10-8-6-4-2/h15,18H,3-14,16H2,1-2H3/b17-15-. The van der Waals surface area contributed by atoms with Crippen molar-refractivity contribution in [2.75, 3.05) is 6.54 Å². The summed E-state index contributed by atoms with van der Waals surface area (Å²) in [5.41, 5.74) is 3.15. The van der Waals surface area contributed by atoms with Crippen LogP contribution >= 0.6 is 0 Å². The van der Waals surface area contributed by atoms with Crippen molar-refractivity contribution in [1.82, 2.24) is 5.43 Å². The van der Waals surface area contributed by atoms with Crippen LogP contribution in [-0.4, -0.2) is 12.8 Å². The summed E-state index contributed by atoms with van der Waals surface area (Å²) in [6.45, 7) is 5.56. The van der Waals surface area contributed by atoms with Crippen LogP contribution in [0.2, 0.25) is 0 Å². The lowest BCUT2D eigenvalue weighted by atomic mass is 10.1. The molecule has 0 aromatic rings. The van der Waals surface area contributed by atoms with Crippen molar-refractivity contribution in [2.24, 2.45) is 5.10 Å². The molecule has 0 saturated heterocycles. The minimum absolute atomic E-state index is 1.04. The van der Waals surface area contributed by atoms with Gasteiger partial charge in [-0.3, -0.25) is 0 Å². The maximum Gasteiger partial charge on any atom is 0.0329 e. The molecule has 0 amide bonds. The second kappa shape index (κ2) is 16.5. The van der Waals surface area contributed by atoms with Crippen molar-refractivity contribution in [3.8, 4) is 0 Å². The van der Waals surface area contributed by atoms with Crippen LogP contribution in [0.15, 0.2) is 5.10 Å². The molecule has 0 aromatic carbocycles. The van der Waals surface area contributed by atoms with Gasteiger partial charge in [0.15, 0.2) is 0 Å². The van der Waals surface area contributed by atoms with Crippen molar-refractivity contribution in [2.45, 2.75) is 90.9 Å². The van der Waals surface area contributed by atoms with E-state index in [1.165, 1.54) is 70.6 Å². The van der Waals surface area contributed by atoms with E-state index in [0.717, 1.165) is 13.0 Å². The Morgan fingerprint density at radius 1 is 0.722 bits per heavy atom. The molecule has 0 bridgehead atoms. The Hall–Kier alpha value is -0.530. The average molecular weight is 254 g/mol. The highest BCUT2D eigenvalue weighted by molar-refractivity contribution is 5.56. The molecule has 0 aliphatic carbocycles. The van der Waals surface area contributed by atoms with E-state index in [4.69, 9.17) is 0 Å². The van der Waals surface area contributed by atoms with Gasteiger partial charge < -0.3 is 5.43 Å². The van der Waals surface area contributed by atoms with Gasteiger partial charge in [0.05, 0.1) is 0 Å². The average Bonchev–Trinajstić information content (AvgIpc) is 2.39. The maximum absolute atomic E-state index is 4.25. The fourth-order valence-electron chi connectivity index (χ4n) is 2.02. The summed E-state index contributed by atoms with van der Waals surface area (Å²) >= 11 is 0. The number of nitrogens with one attached hydrogen (secondary N) is 1. The normalized spacial score (nSPS) is 11.2. The summed E-state index contributed by atoms with van der Waals surface area (Å²) in [4.78, 5) is 0. The zero-order valence-corrected chi connectivity index (χ0v) is 12.7. The monoisotopic (exact) mass is 254 g/mol. The topological polar surface area (TPSA) is 24.4 Å². The Labute approximate surface area is 115 Å². The van der Waals surface area contributed by atoms with E-state index in [1.54, 1.807) is 0 Å². The van der Waals surface area contributed by atoms with Crippen molar-refractivity contribution in [3.63, 3.8) is 0 Å². The second-order valence-corrected chi connectivity index (χ2v) is 5.19. The Balaban J connectivity index is 3.00. The molecule has 0 heterocycles. The quantitative estimate of drug-likeness (QED) is 0.254. The third-order valence-corrected chi connectivity index (χ3v) is 3.26. The molecule has 2 heteroatoms. The number of hydrazone groups is 1. The molecule has 0 fully saturated rings. The van der Waals surface area contributed by atoms with Crippen LogP contribution in [0.5, 0.6) is 0 Å². The van der Waals surface area contributed by atoms with Gasteiger partial charge in [-0.05, 0) is 19.3 Å². The largest absolute Gasteiger partial charge is 0.310 e. The molecular weight excluding hydrogens is 220 g/mol. The minimum atomic E-state index is 1.04. The molecule has 0 spiro atoms. The van der Waals surface area contributed by atoms with Gasteiger partial charge in [0.25, 0.3) is 0 Å². The predicted octanol–water partition coefficient (Wildman–Crippen LogP) is 5.28. The van der Waals surface area contributed by atoms with Gasteiger partial charge in [-0.15, -0.1) is 0 Å². The Morgan fingerprint density at radius 2 is 1.28 bits per heavy atom. The van der Waals surface area contributed by atoms with E-state index in [-0.39, 0.29) is 0 Å². The molecule has 18 heavy (non-hydrogen) atoms. The molecule has 2 nitrogen and oxygen atoms in total. The third-order valence-electron chi connectivity index (χ3n) is 3.26. The Kier molecular flexibility index (Phi) is 16.0. The second-order valence-electron chi connectivity index (χ2n) is 5.19. The van der Waals surface area contributed by atoms with Crippen LogP contribution in [-0.2, 0) is 0 Å². The first-order chi connectivity index (χ1) is 8.91. The zero-order valence-electron chi connectivity index (χ0n) is 12.7. The number of hydrogen-bond donors (Lipinski definition) is 1. The van der Waals surface area contributed by atoms with Crippen molar-refractivity contribution in [1.29, 1.82) is 0 Å². The van der Waals surface area contributed by atoms with E-state index < -0.39 is 0 Å². The van der Waals surface area contributed by atoms with E-state index in [2.05, 4.69) is 24.4 Å². The van der Waals surface area contributed by atoms with Crippen molar-refractivity contribution >= 4 is 6.21 Å². The summed E-state index contributed by atoms with van der Waals surface area (Å²) in [5, 5.41) is 4.25. The first-order valence-electron chi connectivity index (χ1n) is 8.16. The fourth-order valence-corrected chi connectivity index (χ4v) is 2.02. The van der Waals surface area contributed by atoms with Crippen LogP contribution in [0.4, 0.5) is 0 Å². The van der Waals surface area contributed by atoms with Gasteiger partial charge >= 0.3 is 0 Å². The lowest BCUT2D eigenvalue weighted by Crippen LogP contribution is -2.07. The summed E-state index contributed by atoms with van der Waals surface area (Å²) in [6, 6.07) is 0. The maximum atomic E-state index is 4.25. The van der Waals surface area contributed by atoms with E-state index >= 15 is 0 Å². The summed E-state index contributed by atoms with van der Waals surface area (Å²) < 4.78 is 0. The fraction of sp³-hybridized carbons (Fsp3) is 0.938. The Morgan fingerprint density at radius 3 is 1.94 bits per heavy atom. The number of hydrogen-bond acceptors (Lipinski definition) is 2. The molecule has 0 radical (unpaired) electrons. The Bertz CT molecular complexity index is 166. The van der Waals surface area contributed by atoms with Crippen molar-refractivity contribution in [3.05, 3.63) is 0 Å². The SMILES string of the molecule is CCCCCCC/C=N\NCCCCCCCC. The molecule has 0 atom stereocenters. The number of rotatable bonds is 14. The molecule has 0 rings (SSSR count). The first-order valence-corrected chi connectivity index (χ1v) is 8.16. The molecule has 0 aromatic heterocycles. The van der Waals surface area contributed by atoms with Gasteiger partial charge in [-0.2, -0.15) is 5.10 Å². The molecule has 0 unspecified atom stereocenters. The summed E-state index contributed by atoms with van der Waals surface area (Å²) in [6.07, 6.45) is 18.0. The predicted molar refractivity (Wildman–Crippen MR) is 83.2 cm³/mol. The van der Waals surface area contributed by atoms with Gasteiger partial charge in [0.2, 0.25) is 0 Å². The van der Waals surface area contributed by atoms with Crippen molar-refractivity contribution < 1.29 is 0 Å². The van der Waals surface area contributed by atoms with Gasteiger partial charge in [-0.25, -0.2) is 0 Å². The van der Waals surface area contributed by atoms with Crippen LogP contribution < -0.4 is 5.43 Å². The molecular formula is C16H34N2. The minimum Gasteiger partial charge on any atom is -0.310 e. The van der Waals surface area contributed by atoms with Crippen LogP contribution in [0.1, 0.15) is 90.9 Å². The number of nitrogens with zero attached hydrogens (tertiary/aromatic N) is 1. The van der Waals surface area contributed by atoms with Crippen LogP contribution in [0.3, 0.4) is 0 Å². The third kappa shape index (κ3) is 15.5. The summed E-state index contributed by atoms with van der Waals surface area (Å²) in [5.74, 6) is 0. The zero-order chi connectivity index (χ0) is 13.3. The van der Waals surface area contributed by atoms with E-state index in [1.807, 2.05) is 6.21 Å². The highest BCUT2D eigenvalue weighted by Gasteiger charge is 1.89. The highest BCUT2D eigenvalue weighted by atomic mass is 15.3. The summed E-state index contributed by atoms with van der Waals surface area (Å²) in [7, 11) is 0. The van der Waals surface area contributed by atoms with Crippen LogP contribution in [0.25, 0.3) is 0 Å². The molecule has 0 saturated carbocycles.